The van der Waals surface area contributed by atoms with Gasteiger partial charge in [0.2, 0.25) is 5.69 Å². The fraction of sp³-hybridized carbons (Fsp3) is 0.438. The van der Waals surface area contributed by atoms with Gasteiger partial charge >= 0.3 is 0 Å². The molecule has 23 heavy (non-hydrogen) atoms. The van der Waals surface area contributed by atoms with Gasteiger partial charge in [0.1, 0.15) is 11.9 Å². The predicted molar refractivity (Wildman–Crippen MR) is 82.7 cm³/mol. The molecule has 1 N–H and O–H groups in total. The van der Waals surface area contributed by atoms with Crippen molar-refractivity contribution in [3.8, 4) is 11.8 Å². The van der Waals surface area contributed by atoms with Crippen LogP contribution in [0, 0.1) is 17.1 Å². The van der Waals surface area contributed by atoms with E-state index >= 15 is 0 Å². The van der Waals surface area contributed by atoms with Crippen LogP contribution in [0.15, 0.2) is 24.3 Å². The average Bonchev–Trinajstić information content (AvgIpc) is 3.00. The van der Waals surface area contributed by atoms with Crippen LogP contribution in [0.5, 0.6) is 0 Å². The maximum absolute atomic E-state index is 13.0. The molecule has 0 aliphatic carbocycles. The quantitative estimate of drug-likeness (QED) is 0.934. The first kappa shape index (κ1) is 15.4. The van der Waals surface area contributed by atoms with Crippen molar-refractivity contribution in [1.82, 2.24) is 15.0 Å². The molecule has 1 aromatic carbocycles. The molecular weight excluding hydrogens is 297 g/mol. The Morgan fingerprint density at radius 3 is 2.74 bits per heavy atom. The van der Waals surface area contributed by atoms with Gasteiger partial charge in [-0.1, -0.05) is 0 Å². The lowest BCUT2D eigenvalue weighted by Crippen LogP contribution is -2.40. The standard InChI is InChI=1S/C16H18FN5O/c17-12-4-6-14(7-5-12)22-19-15(11-18)16(20-22)21-9-2-1-3-13(21)8-10-23/h4-7,13,23H,1-3,8-10H2. The summed E-state index contributed by atoms with van der Waals surface area (Å²) < 4.78 is 13.0. The van der Waals surface area contributed by atoms with Gasteiger partial charge in [-0.25, -0.2) is 4.39 Å². The molecule has 0 saturated carbocycles. The van der Waals surface area contributed by atoms with Crippen molar-refractivity contribution in [3.63, 3.8) is 0 Å². The maximum Gasteiger partial charge on any atom is 0.207 e. The molecule has 2 heterocycles. The van der Waals surface area contributed by atoms with E-state index in [2.05, 4.69) is 21.2 Å². The summed E-state index contributed by atoms with van der Waals surface area (Å²) in [6.07, 6.45) is 3.74. The van der Waals surface area contributed by atoms with Crippen LogP contribution in [0.25, 0.3) is 5.69 Å². The highest BCUT2D eigenvalue weighted by Crippen LogP contribution is 2.27. The third-order valence-corrected chi connectivity index (χ3v) is 4.12. The van der Waals surface area contributed by atoms with Crippen molar-refractivity contribution in [1.29, 1.82) is 5.26 Å². The highest BCUT2D eigenvalue weighted by atomic mass is 19.1. The summed E-state index contributed by atoms with van der Waals surface area (Å²) in [5.41, 5.74) is 0.851. The predicted octanol–water partition coefficient (Wildman–Crippen LogP) is 2.02. The minimum Gasteiger partial charge on any atom is -0.396 e. The number of anilines is 1. The topological polar surface area (TPSA) is 78.0 Å². The molecule has 0 bridgehead atoms. The van der Waals surface area contributed by atoms with Crippen LogP contribution < -0.4 is 4.90 Å². The van der Waals surface area contributed by atoms with E-state index in [-0.39, 0.29) is 24.2 Å². The number of piperidine rings is 1. The molecule has 6 nitrogen and oxygen atoms in total. The second kappa shape index (κ2) is 6.75. The Labute approximate surface area is 133 Å². The second-order valence-electron chi connectivity index (χ2n) is 5.61. The molecule has 1 fully saturated rings. The molecule has 1 saturated heterocycles. The molecule has 2 aromatic rings. The Hall–Kier alpha value is -2.46. The molecule has 0 spiro atoms. The first-order chi connectivity index (χ1) is 11.2. The van der Waals surface area contributed by atoms with Crippen LogP contribution >= 0.6 is 0 Å². The number of nitrogens with zero attached hydrogens (tertiary/aromatic N) is 5. The SMILES string of the molecule is N#Cc1nn(-c2ccc(F)cc2)nc1N1CCCCC1CCO. The van der Waals surface area contributed by atoms with E-state index in [0.717, 1.165) is 25.8 Å². The summed E-state index contributed by atoms with van der Waals surface area (Å²) in [6, 6.07) is 8.06. The Balaban J connectivity index is 1.95. The van der Waals surface area contributed by atoms with Gasteiger partial charge in [-0.2, -0.15) is 5.26 Å². The maximum atomic E-state index is 13.0. The molecule has 120 valence electrons. The third-order valence-electron chi connectivity index (χ3n) is 4.12. The van der Waals surface area contributed by atoms with E-state index in [1.807, 2.05) is 0 Å². The Bertz CT molecular complexity index is 704. The smallest absolute Gasteiger partial charge is 0.207 e. The largest absolute Gasteiger partial charge is 0.396 e. The van der Waals surface area contributed by atoms with Gasteiger partial charge in [-0.05, 0) is 49.9 Å². The summed E-state index contributed by atoms with van der Waals surface area (Å²) in [6.45, 7) is 0.899. The van der Waals surface area contributed by atoms with E-state index in [4.69, 9.17) is 0 Å². The average molecular weight is 315 g/mol. The van der Waals surface area contributed by atoms with Crippen molar-refractivity contribution >= 4 is 5.82 Å². The van der Waals surface area contributed by atoms with E-state index in [1.165, 1.54) is 16.9 Å². The number of aromatic nitrogens is 3. The van der Waals surface area contributed by atoms with Crippen molar-refractivity contribution in [2.45, 2.75) is 31.7 Å². The summed E-state index contributed by atoms with van der Waals surface area (Å²) in [5, 5.41) is 27.3. The molecule has 0 radical (unpaired) electrons. The van der Waals surface area contributed by atoms with Gasteiger partial charge in [-0.15, -0.1) is 15.0 Å². The number of benzene rings is 1. The molecule has 1 aliphatic rings. The van der Waals surface area contributed by atoms with E-state index in [0.29, 0.717) is 17.9 Å². The number of nitriles is 1. The molecule has 3 rings (SSSR count). The number of rotatable bonds is 4. The highest BCUT2D eigenvalue weighted by molar-refractivity contribution is 5.51. The zero-order valence-corrected chi connectivity index (χ0v) is 12.7. The minimum atomic E-state index is -0.333. The molecule has 1 unspecified atom stereocenters. The van der Waals surface area contributed by atoms with Gasteiger partial charge in [0.25, 0.3) is 0 Å². The number of aliphatic hydroxyl groups excluding tert-OH is 1. The first-order valence-electron chi connectivity index (χ1n) is 7.74. The van der Waals surface area contributed by atoms with Crippen LogP contribution in [0.1, 0.15) is 31.4 Å². The fourth-order valence-corrected chi connectivity index (χ4v) is 2.98. The number of hydrogen-bond acceptors (Lipinski definition) is 5. The van der Waals surface area contributed by atoms with Crippen LogP contribution in [0.2, 0.25) is 0 Å². The lowest BCUT2D eigenvalue weighted by molar-refractivity contribution is 0.262. The minimum absolute atomic E-state index is 0.106. The van der Waals surface area contributed by atoms with Crippen molar-refractivity contribution in [2.75, 3.05) is 18.1 Å². The molecular formula is C16H18FN5O. The molecule has 1 atom stereocenters. The summed E-state index contributed by atoms with van der Waals surface area (Å²) in [7, 11) is 0. The highest BCUT2D eigenvalue weighted by Gasteiger charge is 2.27. The zero-order valence-electron chi connectivity index (χ0n) is 12.7. The normalized spacial score (nSPS) is 18.0. The van der Waals surface area contributed by atoms with Crippen molar-refractivity contribution in [3.05, 3.63) is 35.8 Å². The van der Waals surface area contributed by atoms with E-state index < -0.39 is 0 Å². The third kappa shape index (κ3) is 3.17. The Morgan fingerprint density at radius 2 is 2.04 bits per heavy atom. The van der Waals surface area contributed by atoms with Gasteiger partial charge in [0.15, 0.2) is 5.82 Å². The Kier molecular flexibility index (Phi) is 4.53. The molecule has 1 aromatic heterocycles. The second-order valence-corrected chi connectivity index (χ2v) is 5.61. The van der Waals surface area contributed by atoms with Gasteiger partial charge in [0.05, 0.1) is 5.69 Å². The molecule has 0 amide bonds. The van der Waals surface area contributed by atoms with Crippen LogP contribution in [0.4, 0.5) is 10.2 Å². The molecule has 1 aliphatic heterocycles. The number of aliphatic hydroxyl groups is 1. The van der Waals surface area contributed by atoms with Crippen LogP contribution in [0.3, 0.4) is 0 Å². The van der Waals surface area contributed by atoms with E-state index in [9.17, 15) is 14.8 Å². The Morgan fingerprint density at radius 1 is 1.26 bits per heavy atom. The van der Waals surface area contributed by atoms with Crippen molar-refractivity contribution < 1.29 is 9.50 Å². The van der Waals surface area contributed by atoms with Gasteiger partial charge < -0.3 is 10.0 Å². The zero-order chi connectivity index (χ0) is 16.2. The summed E-state index contributed by atoms with van der Waals surface area (Å²) in [5.74, 6) is 0.204. The number of halogens is 1. The van der Waals surface area contributed by atoms with E-state index in [1.54, 1.807) is 12.1 Å². The summed E-state index contributed by atoms with van der Waals surface area (Å²) >= 11 is 0. The summed E-state index contributed by atoms with van der Waals surface area (Å²) in [4.78, 5) is 3.42. The lowest BCUT2D eigenvalue weighted by atomic mass is 9.99. The van der Waals surface area contributed by atoms with Gasteiger partial charge in [0, 0.05) is 19.2 Å². The van der Waals surface area contributed by atoms with Crippen LogP contribution in [-0.2, 0) is 0 Å². The fourth-order valence-electron chi connectivity index (χ4n) is 2.98. The monoisotopic (exact) mass is 315 g/mol. The lowest BCUT2D eigenvalue weighted by Gasteiger charge is -2.35. The van der Waals surface area contributed by atoms with Crippen LogP contribution in [-0.4, -0.2) is 39.3 Å². The number of hydrogen-bond donors (Lipinski definition) is 1. The van der Waals surface area contributed by atoms with Crippen molar-refractivity contribution in [2.24, 2.45) is 0 Å². The van der Waals surface area contributed by atoms with Gasteiger partial charge in [-0.3, -0.25) is 0 Å². The molecule has 7 heteroatoms. The first-order valence-corrected chi connectivity index (χ1v) is 7.74.